The zero-order chi connectivity index (χ0) is 17.7. The fourth-order valence-electron chi connectivity index (χ4n) is 4.10. The first kappa shape index (κ1) is 18.2. The minimum absolute atomic E-state index is 0.0245. The van der Waals surface area contributed by atoms with Gasteiger partial charge in [-0.2, -0.15) is 0 Å². The Morgan fingerprint density at radius 3 is 2.68 bits per heavy atom. The lowest BCUT2D eigenvalue weighted by Gasteiger charge is -2.40. The highest BCUT2D eigenvalue weighted by Crippen LogP contribution is 2.34. The van der Waals surface area contributed by atoms with E-state index >= 15 is 0 Å². The van der Waals surface area contributed by atoms with Gasteiger partial charge in [0, 0.05) is 45.3 Å². The van der Waals surface area contributed by atoms with Gasteiger partial charge in [-0.1, -0.05) is 19.1 Å². The molecular formula is C20H30FN3O. The van der Waals surface area contributed by atoms with Gasteiger partial charge >= 0.3 is 0 Å². The highest BCUT2D eigenvalue weighted by Gasteiger charge is 2.35. The molecule has 1 unspecified atom stereocenters. The molecule has 0 amide bonds. The summed E-state index contributed by atoms with van der Waals surface area (Å²) in [6.07, 6.45) is 4.40. The van der Waals surface area contributed by atoms with Crippen molar-refractivity contribution in [2.75, 3.05) is 39.9 Å². The van der Waals surface area contributed by atoms with Gasteiger partial charge in [-0.15, -0.1) is 0 Å². The van der Waals surface area contributed by atoms with E-state index in [0.717, 1.165) is 51.6 Å². The smallest absolute Gasteiger partial charge is 0.193 e. The van der Waals surface area contributed by atoms with Crippen LogP contribution < -0.4 is 5.32 Å². The molecule has 1 N–H and O–H groups in total. The van der Waals surface area contributed by atoms with Crippen LogP contribution in [0, 0.1) is 11.7 Å². The van der Waals surface area contributed by atoms with E-state index in [1.54, 1.807) is 12.1 Å². The SMILES string of the molecule is CN=C(NCC1(c2ccc(F)cc2)CCOCC1)N1CCCC(C)C1. The summed E-state index contributed by atoms with van der Waals surface area (Å²) in [4.78, 5) is 6.88. The molecule has 2 saturated heterocycles. The van der Waals surface area contributed by atoms with Crippen LogP contribution in [0.3, 0.4) is 0 Å². The normalized spacial score (nSPS) is 24.2. The van der Waals surface area contributed by atoms with Gasteiger partial charge in [0.2, 0.25) is 0 Å². The van der Waals surface area contributed by atoms with E-state index in [-0.39, 0.29) is 11.2 Å². The molecule has 0 aliphatic carbocycles. The maximum absolute atomic E-state index is 13.4. The van der Waals surface area contributed by atoms with Crippen LogP contribution in [0.25, 0.3) is 0 Å². The minimum Gasteiger partial charge on any atom is -0.381 e. The first-order valence-electron chi connectivity index (χ1n) is 9.42. The Hall–Kier alpha value is -1.62. The zero-order valence-electron chi connectivity index (χ0n) is 15.4. The van der Waals surface area contributed by atoms with Gasteiger partial charge < -0.3 is 15.0 Å². The molecular weight excluding hydrogens is 317 g/mol. The molecule has 2 aliphatic heterocycles. The summed E-state index contributed by atoms with van der Waals surface area (Å²) in [7, 11) is 1.86. The number of hydrogen-bond donors (Lipinski definition) is 1. The number of aliphatic imine (C=N–C) groups is 1. The van der Waals surface area contributed by atoms with E-state index in [0.29, 0.717) is 5.92 Å². The Kier molecular flexibility index (Phi) is 5.94. The van der Waals surface area contributed by atoms with Gasteiger partial charge in [0.1, 0.15) is 5.82 Å². The van der Waals surface area contributed by atoms with Crippen molar-refractivity contribution in [1.82, 2.24) is 10.2 Å². The molecule has 5 heteroatoms. The number of hydrogen-bond acceptors (Lipinski definition) is 2. The number of ether oxygens (including phenoxy) is 1. The van der Waals surface area contributed by atoms with Crippen LogP contribution >= 0.6 is 0 Å². The third-order valence-electron chi connectivity index (χ3n) is 5.66. The van der Waals surface area contributed by atoms with Crippen molar-refractivity contribution in [2.45, 2.75) is 38.0 Å². The fraction of sp³-hybridized carbons (Fsp3) is 0.650. The largest absolute Gasteiger partial charge is 0.381 e. The van der Waals surface area contributed by atoms with Gasteiger partial charge in [0.15, 0.2) is 5.96 Å². The number of halogens is 1. The predicted octanol–water partition coefficient (Wildman–Crippen LogP) is 3.18. The Balaban J connectivity index is 1.73. The lowest BCUT2D eigenvalue weighted by molar-refractivity contribution is 0.0510. The lowest BCUT2D eigenvalue weighted by Crippen LogP contribution is -2.51. The molecule has 0 aromatic heterocycles. The van der Waals surface area contributed by atoms with Crippen LogP contribution in [0.1, 0.15) is 38.2 Å². The van der Waals surface area contributed by atoms with Crippen molar-refractivity contribution in [3.05, 3.63) is 35.6 Å². The molecule has 4 nitrogen and oxygen atoms in total. The third kappa shape index (κ3) is 4.32. The Labute approximate surface area is 150 Å². The monoisotopic (exact) mass is 347 g/mol. The molecule has 1 atom stereocenters. The molecule has 2 heterocycles. The van der Waals surface area contributed by atoms with Crippen LogP contribution in [-0.4, -0.2) is 50.8 Å². The van der Waals surface area contributed by atoms with Crippen molar-refractivity contribution in [2.24, 2.45) is 10.9 Å². The van der Waals surface area contributed by atoms with Crippen molar-refractivity contribution >= 4 is 5.96 Å². The van der Waals surface area contributed by atoms with Crippen molar-refractivity contribution in [3.63, 3.8) is 0 Å². The van der Waals surface area contributed by atoms with Crippen LogP contribution in [0.4, 0.5) is 4.39 Å². The number of nitrogens with one attached hydrogen (secondary N) is 1. The first-order chi connectivity index (χ1) is 12.1. The quantitative estimate of drug-likeness (QED) is 0.674. The number of benzene rings is 1. The van der Waals surface area contributed by atoms with E-state index < -0.39 is 0 Å². The van der Waals surface area contributed by atoms with Gasteiger partial charge in [-0.3, -0.25) is 4.99 Å². The Morgan fingerprint density at radius 2 is 2.04 bits per heavy atom. The van der Waals surface area contributed by atoms with Crippen LogP contribution in [0.15, 0.2) is 29.3 Å². The molecule has 0 spiro atoms. The molecule has 1 aromatic rings. The molecule has 1 aromatic carbocycles. The summed E-state index contributed by atoms with van der Waals surface area (Å²) >= 11 is 0. The number of likely N-dealkylation sites (tertiary alicyclic amines) is 1. The van der Waals surface area contributed by atoms with Crippen molar-refractivity contribution in [1.29, 1.82) is 0 Å². The second-order valence-corrected chi connectivity index (χ2v) is 7.49. The summed E-state index contributed by atoms with van der Waals surface area (Å²) < 4.78 is 19.0. The summed E-state index contributed by atoms with van der Waals surface area (Å²) in [6, 6.07) is 6.98. The maximum Gasteiger partial charge on any atom is 0.193 e. The van der Waals surface area contributed by atoms with Crippen molar-refractivity contribution < 1.29 is 9.13 Å². The van der Waals surface area contributed by atoms with Crippen molar-refractivity contribution in [3.8, 4) is 0 Å². The predicted molar refractivity (Wildman–Crippen MR) is 99.5 cm³/mol. The van der Waals surface area contributed by atoms with Crippen LogP contribution in [-0.2, 0) is 10.2 Å². The molecule has 0 radical (unpaired) electrons. The number of rotatable bonds is 3. The van der Waals surface area contributed by atoms with Gasteiger partial charge in [-0.05, 0) is 49.3 Å². The van der Waals surface area contributed by atoms with Gasteiger partial charge in [-0.25, -0.2) is 4.39 Å². The Bertz CT molecular complexity index is 581. The maximum atomic E-state index is 13.4. The highest BCUT2D eigenvalue weighted by molar-refractivity contribution is 5.80. The second kappa shape index (κ2) is 8.17. The average molecular weight is 347 g/mol. The zero-order valence-corrected chi connectivity index (χ0v) is 15.4. The van der Waals surface area contributed by atoms with E-state index in [1.807, 2.05) is 19.2 Å². The fourth-order valence-corrected chi connectivity index (χ4v) is 4.10. The van der Waals surface area contributed by atoms with E-state index in [4.69, 9.17) is 4.74 Å². The number of piperidine rings is 1. The molecule has 0 bridgehead atoms. The molecule has 2 fully saturated rings. The van der Waals surface area contributed by atoms with Crippen LogP contribution in [0.5, 0.6) is 0 Å². The Morgan fingerprint density at radius 1 is 1.32 bits per heavy atom. The molecule has 25 heavy (non-hydrogen) atoms. The third-order valence-corrected chi connectivity index (χ3v) is 5.66. The summed E-state index contributed by atoms with van der Waals surface area (Å²) in [6.45, 7) is 6.73. The van der Waals surface area contributed by atoms with Gasteiger partial charge in [0.25, 0.3) is 0 Å². The topological polar surface area (TPSA) is 36.9 Å². The first-order valence-corrected chi connectivity index (χ1v) is 9.42. The van der Waals surface area contributed by atoms with E-state index in [9.17, 15) is 4.39 Å². The number of nitrogens with zero attached hydrogens (tertiary/aromatic N) is 2. The van der Waals surface area contributed by atoms with E-state index in [2.05, 4.69) is 22.1 Å². The summed E-state index contributed by atoms with van der Waals surface area (Å²) in [5, 5.41) is 3.61. The second-order valence-electron chi connectivity index (χ2n) is 7.49. The molecule has 0 saturated carbocycles. The minimum atomic E-state index is -0.183. The molecule has 2 aliphatic rings. The average Bonchev–Trinajstić information content (AvgIpc) is 2.64. The summed E-state index contributed by atoms with van der Waals surface area (Å²) in [5.41, 5.74) is 1.16. The molecule has 3 rings (SSSR count). The summed E-state index contributed by atoms with van der Waals surface area (Å²) in [5.74, 6) is 1.51. The van der Waals surface area contributed by atoms with E-state index in [1.165, 1.54) is 18.4 Å². The number of guanidine groups is 1. The standard InChI is InChI=1S/C20H30FN3O/c1-16-4-3-11-24(14-16)19(22-2)23-15-20(9-12-25-13-10-20)17-5-7-18(21)8-6-17/h5-8,16H,3-4,9-15H2,1-2H3,(H,22,23). The highest BCUT2D eigenvalue weighted by atomic mass is 19.1. The lowest BCUT2D eigenvalue weighted by atomic mass is 9.74. The van der Waals surface area contributed by atoms with Gasteiger partial charge in [0.05, 0.1) is 0 Å². The van der Waals surface area contributed by atoms with Crippen LogP contribution in [0.2, 0.25) is 0 Å². The molecule has 138 valence electrons.